The number of anilines is 1. The SMILES string of the molecule is Cc1cccc(/C=N\NC(=S)Nc2ccccc2[N+](=O)[O-])c1. The molecule has 0 saturated carbocycles. The maximum Gasteiger partial charge on any atom is 0.292 e. The number of nitro groups is 1. The number of nitrogens with one attached hydrogen (secondary N) is 2. The first-order valence-electron chi connectivity index (χ1n) is 6.46. The standard InChI is InChI=1S/C15H14N4O2S/c1-11-5-4-6-12(9-11)10-16-18-15(22)17-13-7-2-3-8-14(13)19(20)21/h2-10H,1H3,(H2,17,18,22)/b16-10-. The van der Waals surface area contributed by atoms with Crippen molar-refractivity contribution in [3.63, 3.8) is 0 Å². The van der Waals surface area contributed by atoms with Gasteiger partial charge in [-0.25, -0.2) is 0 Å². The quantitative estimate of drug-likeness (QED) is 0.392. The van der Waals surface area contributed by atoms with Gasteiger partial charge in [-0.1, -0.05) is 42.0 Å². The lowest BCUT2D eigenvalue weighted by Crippen LogP contribution is -2.24. The third-order valence-electron chi connectivity index (χ3n) is 2.77. The Balaban J connectivity index is 1.98. The van der Waals surface area contributed by atoms with E-state index in [1.165, 1.54) is 6.07 Å². The number of benzene rings is 2. The zero-order valence-electron chi connectivity index (χ0n) is 11.8. The summed E-state index contributed by atoms with van der Waals surface area (Å²) in [6, 6.07) is 14.1. The summed E-state index contributed by atoms with van der Waals surface area (Å²) in [5, 5.41) is 17.8. The van der Waals surface area contributed by atoms with Crippen LogP contribution >= 0.6 is 12.2 Å². The van der Waals surface area contributed by atoms with E-state index in [2.05, 4.69) is 15.8 Å². The molecule has 2 aromatic carbocycles. The summed E-state index contributed by atoms with van der Waals surface area (Å²) in [5.41, 5.74) is 4.96. The molecule has 0 radical (unpaired) electrons. The normalized spacial score (nSPS) is 10.4. The molecule has 0 spiro atoms. The average Bonchev–Trinajstić information content (AvgIpc) is 2.47. The van der Waals surface area contributed by atoms with E-state index in [0.717, 1.165) is 11.1 Å². The van der Waals surface area contributed by atoms with Crippen LogP contribution in [-0.4, -0.2) is 16.3 Å². The van der Waals surface area contributed by atoms with E-state index in [0.29, 0.717) is 5.69 Å². The topological polar surface area (TPSA) is 79.6 Å². The molecule has 6 nitrogen and oxygen atoms in total. The van der Waals surface area contributed by atoms with Crippen LogP contribution in [0.25, 0.3) is 0 Å². The van der Waals surface area contributed by atoms with Crippen LogP contribution in [-0.2, 0) is 0 Å². The lowest BCUT2D eigenvalue weighted by molar-refractivity contribution is -0.383. The summed E-state index contributed by atoms with van der Waals surface area (Å²) < 4.78 is 0. The molecular weight excluding hydrogens is 300 g/mol. The van der Waals surface area contributed by atoms with Crippen LogP contribution in [0.3, 0.4) is 0 Å². The van der Waals surface area contributed by atoms with Gasteiger partial charge in [0.1, 0.15) is 5.69 Å². The maximum absolute atomic E-state index is 10.9. The molecule has 0 unspecified atom stereocenters. The second-order valence-electron chi connectivity index (χ2n) is 4.51. The number of thiocarbonyl (C=S) groups is 1. The highest BCUT2D eigenvalue weighted by molar-refractivity contribution is 7.80. The summed E-state index contributed by atoms with van der Waals surface area (Å²) in [7, 11) is 0. The van der Waals surface area contributed by atoms with Crippen molar-refractivity contribution in [2.45, 2.75) is 6.92 Å². The van der Waals surface area contributed by atoms with Gasteiger partial charge in [0.25, 0.3) is 5.69 Å². The van der Waals surface area contributed by atoms with Gasteiger partial charge in [0.2, 0.25) is 0 Å². The average molecular weight is 314 g/mol. The number of hydrogen-bond acceptors (Lipinski definition) is 4. The van der Waals surface area contributed by atoms with Crippen molar-refractivity contribution in [1.29, 1.82) is 0 Å². The molecule has 0 aliphatic rings. The van der Waals surface area contributed by atoms with E-state index < -0.39 is 4.92 Å². The summed E-state index contributed by atoms with van der Waals surface area (Å²) in [6.07, 6.45) is 1.63. The molecule has 0 aromatic heterocycles. The van der Waals surface area contributed by atoms with Crippen molar-refractivity contribution >= 4 is 34.9 Å². The van der Waals surface area contributed by atoms with E-state index in [1.807, 2.05) is 31.2 Å². The van der Waals surface area contributed by atoms with Crippen molar-refractivity contribution in [2.75, 3.05) is 5.32 Å². The molecule has 0 aliphatic heterocycles. The van der Waals surface area contributed by atoms with E-state index in [9.17, 15) is 10.1 Å². The number of aryl methyl sites for hydroxylation is 1. The minimum atomic E-state index is -0.471. The second kappa shape index (κ2) is 7.28. The number of rotatable bonds is 4. The van der Waals surface area contributed by atoms with Crippen molar-refractivity contribution < 1.29 is 4.92 Å². The fourth-order valence-corrected chi connectivity index (χ4v) is 1.97. The minimum Gasteiger partial charge on any atom is -0.326 e. The molecule has 0 fully saturated rings. The number of nitro benzene ring substituents is 1. The van der Waals surface area contributed by atoms with E-state index in [1.54, 1.807) is 24.4 Å². The maximum atomic E-state index is 10.9. The van der Waals surface area contributed by atoms with E-state index >= 15 is 0 Å². The van der Waals surface area contributed by atoms with Crippen LogP contribution in [0, 0.1) is 17.0 Å². The number of para-hydroxylation sites is 2. The first-order chi connectivity index (χ1) is 10.6. The van der Waals surface area contributed by atoms with Gasteiger partial charge in [-0.05, 0) is 30.8 Å². The first kappa shape index (κ1) is 15.6. The van der Waals surface area contributed by atoms with Gasteiger partial charge in [0, 0.05) is 6.07 Å². The molecule has 2 N–H and O–H groups in total. The van der Waals surface area contributed by atoms with Crippen LogP contribution in [0.2, 0.25) is 0 Å². The lowest BCUT2D eigenvalue weighted by Gasteiger charge is -2.07. The molecule has 0 bridgehead atoms. The Morgan fingerprint density at radius 3 is 2.77 bits per heavy atom. The van der Waals surface area contributed by atoms with Gasteiger partial charge < -0.3 is 5.32 Å². The summed E-state index contributed by atoms with van der Waals surface area (Å²) >= 11 is 5.06. The van der Waals surface area contributed by atoms with Crippen molar-refractivity contribution in [3.05, 3.63) is 69.8 Å². The summed E-state index contributed by atoms with van der Waals surface area (Å²) in [4.78, 5) is 10.4. The molecule has 2 aromatic rings. The van der Waals surface area contributed by atoms with Crippen molar-refractivity contribution in [2.24, 2.45) is 5.10 Å². The van der Waals surface area contributed by atoms with Gasteiger partial charge in [-0.3, -0.25) is 15.5 Å². The molecule has 0 amide bonds. The van der Waals surface area contributed by atoms with Crippen molar-refractivity contribution in [3.8, 4) is 0 Å². The third kappa shape index (κ3) is 4.35. The van der Waals surface area contributed by atoms with Gasteiger partial charge in [-0.15, -0.1) is 0 Å². The van der Waals surface area contributed by atoms with Crippen LogP contribution in [0.1, 0.15) is 11.1 Å². The molecule has 0 saturated heterocycles. The minimum absolute atomic E-state index is 0.0469. The third-order valence-corrected chi connectivity index (χ3v) is 2.96. The predicted octanol–water partition coefficient (Wildman–Crippen LogP) is 3.22. The highest BCUT2D eigenvalue weighted by Crippen LogP contribution is 2.22. The number of hydrazone groups is 1. The summed E-state index contributed by atoms with van der Waals surface area (Å²) in [5.74, 6) is 0. The fraction of sp³-hybridized carbons (Fsp3) is 0.0667. The zero-order chi connectivity index (χ0) is 15.9. The lowest BCUT2D eigenvalue weighted by atomic mass is 10.2. The van der Waals surface area contributed by atoms with E-state index in [4.69, 9.17) is 12.2 Å². The Kier molecular flexibility index (Phi) is 5.16. The Morgan fingerprint density at radius 2 is 2.05 bits per heavy atom. The van der Waals surface area contributed by atoms with Gasteiger partial charge in [-0.2, -0.15) is 5.10 Å². The monoisotopic (exact) mass is 314 g/mol. The van der Waals surface area contributed by atoms with Gasteiger partial charge >= 0.3 is 0 Å². The van der Waals surface area contributed by atoms with E-state index in [-0.39, 0.29) is 10.8 Å². The van der Waals surface area contributed by atoms with Gasteiger partial charge in [0.05, 0.1) is 11.1 Å². The number of nitrogens with zero attached hydrogens (tertiary/aromatic N) is 2. The first-order valence-corrected chi connectivity index (χ1v) is 6.87. The largest absolute Gasteiger partial charge is 0.326 e. The smallest absolute Gasteiger partial charge is 0.292 e. The zero-order valence-corrected chi connectivity index (χ0v) is 12.6. The Morgan fingerprint density at radius 1 is 1.27 bits per heavy atom. The molecule has 22 heavy (non-hydrogen) atoms. The Labute approximate surface area is 133 Å². The molecule has 0 aliphatic carbocycles. The highest BCUT2D eigenvalue weighted by Gasteiger charge is 2.12. The fourth-order valence-electron chi connectivity index (χ4n) is 1.80. The Hall–Kier alpha value is -2.80. The molecule has 7 heteroatoms. The summed E-state index contributed by atoms with van der Waals surface area (Å²) in [6.45, 7) is 1.99. The van der Waals surface area contributed by atoms with Crippen LogP contribution < -0.4 is 10.7 Å². The predicted molar refractivity (Wildman–Crippen MR) is 91.2 cm³/mol. The molecule has 112 valence electrons. The highest BCUT2D eigenvalue weighted by atomic mass is 32.1. The van der Waals surface area contributed by atoms with Crippen LogP contribution in [0.15, 0.2) is 53.6 Å². The molecule has 0 atom stereocenters. The molecule has 2 rings (SSSR count). The Bertz CT molecular complexity index is 731. The molecule has 0 heterocycles. The van der Waals surface area contributed by atoms with Crippen LogP contribution in [0.5, 0.6) is 0 Å². The van der Waals surface area contributed by atoms with Crippen molar-refractivity contribution in [1.82, 2.24) is 5.43 Å². The second-order valence-corrected chi connectivity index (χ2v) is 4.92. The molecular formula is C15H14N4O2S. The van der Waals surface area contributed by atoms with Crippen LogP contribution in [0.4, 0.5) is 11.4 Å². The number of hydrogen-bond donors (Lipinski definition) is 2. The van der Waals surface area contributed by atoms with Gasteiger partial charge in [0.15, 0.2) is 5.11 Å².